The minimum absolute atomic E-state index is 0.00000283. The molecule has 6 nitrogen and oxygen atoms in total. The first-order valence-corrected chi connectivity index (χ1v) is 6.03. The van der Waals surface area contributed by atoms with Crippen molar-refractivity contribution >= 4 is 17.7 Å². The third kappa shape index (κ3) is 4.01. The second-order valence-corrected chi connectivity index (χ2v) is 4.01. The highest BCUT2D eigenvalue weighted by Gasteiger charge is 2.08. The monoisotopic (exact) mass is 241 g/mol. The molecule has 0 unspecified atom stereocenters. The maximum Gasteiger partial charge on any atom is 0.230 e. The first kappa shape index (κ1) is 12.7. The van der Waals surface area contributed by atoms with Crippen molar-refractivity contribution in [3.05, 3.63) is 12.7 Å². The van der Waals surface area contributed by atoms with E-state index in [0.29, 0.717) is 24.0 Å². The number of hydrogen-bond acceptors (Lipinski definition) is 5. The molecular formula is C9H15N5OS. The molecule has 0 spiro atoms. The smallest absolute Gasteiger partial charge is 0.230 e. The largest absolute Gasteiger partial charge is 0.355 e. The summed E-state index contributed by atoms with van der Waals surface area (Å²) in [6.07, 6.45) is 2.64. The standard InChI is InChI=1S/C9H15N5OS/c1-3-5-10-8(15)7-16-9-11-12-13-14(9)6-4-2/h4H,2-3,5-7H2,1H3,(H,10,15). The molecule has 0 aliphatic carbocycles. The van der Waals surface area contributed by atoms with E-state index in [0.717, 1.165) is 6.42 Å². The van der Waals surface area contributed by atoms with E-state index in [1.54, 1.807) is 10.8 Å². The van der Waals surface area contributed by atoms with E-state index in [1.807, 2.05) is 6.92 Å². The molecule has 0 aromatic carbocycles. The van der Waals surface area contributed by atoms with Crippen LogP contribution in [0.1, 0.15) is 13.3 Å². The van der Waals surface area contributed by atoms with Crippen LogP contribution >= 0.6 is 11.8 Å². The minimum Gasteiger partial charge on any atom is -0.355 e. The number of thioether (sulfide) groups is 1. The lowest BCUT2D eigenvalue weighted by atomic mass is 10.5. The molecule has 1 N–H and O–H groups in total. The van der Waals surface area contributed by atoms with Gasteiger partial charge in [-0.1, -0.05) is 24.8 Å². The van der Waals surface area contributed by atoms with Gasteiger partial charge in [-0.25, -0.2) is 4.68 Å². The number of aromatic nitrogens is 4. The molecule has 1 aromatic heterocycles. The molecule has 88 valence electrons. The molecule has 0 saturated carbocycles. The Morgan fingerprint density at radius 2 is 2.50 bits per heavy atom. The lowest BCUT2D eigenvalue weighted by Gasteiger charge is -2.02. The summed E-state index contributed by atoms with van der Waals surface area (Å²) in [6.45, 7) is 6.87. The lowest BCUT2D eigenvalue weighted by molar-refractivity contribution is -0.118. The maximum absolute atomic E-state index is 11.3. The highest BCUT2D eigenvalue weighted by Crippen LogP contribution is 2.12. The zero-order valence-corrected chi connectivity index (χ0v) is 10.0. The van der Waals surface area contributed by atoms with Crippen LogP contribution in [0.2, 0.25) is 0 Å². The van der Waals surface area contributed by atoms with Crippen molar-refractivity contribution in [1.82, 2.24) is 25.5 Å². The van der Waals surface area contributed by atoms with Crippen molar-refractivity contribution in [3.63, 3.8) is 0 Å². The van der Waals surface area contributed by atoms with Crippen LogP contribution in [0.3, 0.4) is 0 Å². The number of carbonyl (C=O) groups excluding carboxylic acids is 1. The van der Waals surface area contributed by atoms with Crippen molar-refractivity contribution in [2.75, 3.05) is 12.3 Å². The predicted octanol–water partition coefficient (Wildman–Crippen LogP) is 0.477. The normalized spacial score (nSPS) is 10.1. The Morgan fingerprint density at radius 1 is 1.69 bits per heavy atom. The molecule has 16 heavy (non-hydrogen) atoms. The van der Waals surface area contributed by atoms with Gasteiger partial charge in [0.05, 0.1) is 12.3 Å². The fourth-order valence-corrected chi connectivity index (χ4v) is 1.70. The van der Waals surface area contributed by atoms with Gasteiger partial charge in [0.1, 0.15) is 0 Å². The molecule has 1 aromatic rings. The van der Waals surface area contributed by atoms with Crippen LogP contribution in [0.4, 0.5) is 0 Å². The average Bonchev–Trinajstić information content (AvgIpc) is 2.72. The van der Waals surface area contributed by atoms with E-state index in [9.17, 15) is 4.79 Å². The Kier molecular flexibility index (Phi) is 5.55. The number of carbonyl (C=O) groups is 1. The topological polar surface area (TPSA) is 72.7 Å². The summed E-state index contributed by atoms with van der Waals surface area (Å²) in [4.78, 5) is 11.3. The van der Waals surface area contributed by atoms with Crippen LogP contribution in [0.5, 0.6) is 0 Å². The van der Waals surface area contributed by atoms with E-state index >= 15 is 0 Å². The fraction of sp³-hybridized carbons (Fsp3) is 0.556. The molecule has 0 fully saturated rings. The SMILES string of the molecule is C=CCn1nnnc1SCC(=O)NCCC. The quantitative estimate of drug-likeness (QED) is 0.555. The van der Waals surface area contributed by atoms with Crippen LogP contribution in [0.15, 0.2) is 17.8 Å². The van der Waals surface area contributed by atoms with Gasteiger partial charge < -0.3 is 5.32 Å². The van der Waals surface area contributed by atoms with Gasteiger partial charge >= 0.3 is 0 Å². The van der Waals surface area contributed by atoms with E-state index in [2.05, 4.69) is 27.4 Å². The number of nitrogens with one attached hydrogen (secondary N) is 1. The van der Waals surface area contributed by atoms with Gasteiger partial charge in [0.2, 0.25) is 11.1 Å². The third-order valence-electron chi connectivity index (χ3n) is 1.71. The van der Waals surface area contributed by atoms with Crippen molar-refractivity contribution in [1.29, 1.82) is 0 Å². The summed E-state index contributed by atoms with van der Waals surface area (Å²) >= 11 is 1.32. The second-order valence-electron chi connectivity index (χ2n) is 3.07. The Labute approximate surface area is 98.5 Å². The number of amides is 1. The van der Waals surface area contributed by atoms with Crippen molar-refractivity contribution in [2.24, 2.45) is 0 Å². The number of allylic oxidation sites excluding steroid dienone is 1. The Morgan fingerprint density at radius 3 is 3.19 bits per heavy atom. The molecule has 1 amide bonds. The third-order valence-corrected chi connectivity index (χ3v) is 2.66. The highest BCUT2D eigenvalue weighted by atomic mass is 32.2. The van der Waals surface area contributed by atoms with Gasteiger partial charge in [-0.05, 0) is 16.8 Å². The van der Waals surface area contributed by atoms with Crippen LogP contribution < -0.4 is 5.32 Å². The van der Waals surface area contributed by atoms with E-state index in [1.165, 1.54) is 11.8 Å². The number of nitrogens with zero attached hydrogens (tertiary/aromatic N) is 4. The van der Waals surface area contributed by atoms with E-state index < -0.39 is 0 Å². The first-order chi connectivity index (χ1) is 7.77. The summed E-state index contributed by atoms with van der Waals surface area (Å²) in [5.74, 6) is 0.331. The fourth-order valence-electron chi connectivity index (χ4n) is 0.982. The number of tetrazole rings is 1. The second kappa shape index (κ2) is 7.00. The van der Waals surface area contributed by atoms with Gasteiger partial charge in [0.15, 0.2) is 0 Å². The maximum atomic E-state index is 11.3. The summed E-state index contributed by atoms with van der Waals surface area (Å²) in [6, 6.07) is 0. The molecule has 0 aliphatic heterocycles. The van der Waals surface area contributed by atoms with Gasteiger partial charge in [-0.2, -0.15) is 0 Å². The van der Waals surface area contributed by atoms with E-state index in [-0.39, 0.29) is 5.91 Å². The molecular weight excluding hydrogens is 226 g/mol. The molecule has 0 aliphatic rings. The van der Waals surface area contributed by atoms with Crippen LogP contribution in [-0.4, -0.2) is 38.4 Å². The molecule has 0 atom stereocenters. The molecule has 0 bridgehead atoms. The first-order valence-electron chi connectivity index (χ1n) is 5.04. The molecule has 0 radical (unpaired) electrons. The summed E-state index contributed by atoms with van der Waals surface area (Å²) in [5, 5.41) is 14.6. The zero-order valence-electron chi connectivity index (χ0n) is 9.22. The van der Waals surface area contributed by atoms with Crippen LogP contribution in [-0.2, 0) is 11.3 Å². The van der Waals surface area contributed by atoms with Gasteiger partial charge in [-0.15, -0.1) is 11.7 Å². The van der Waals surface area contributed by atoms with Crippen LogP contribution in [0, 0.1) is 0 Å². The molecule has 0 saturated heterocycles. The van der Waals surface area contributed by atoms with Gasteiger partial charge in [0, 0.05) is 6.54 Å². The Bertz CT molecular complexity index is 351. The highest BCUT2D eigenvalue weighted by molar-refractivity contribution is 7.99. The molecule has 1 rings (SSSR count). The van der Waals surface area contributed by atoms with Crippen molar-refractivity contribution < 1.29 is 4.79 Å². The van der Waals surface area contributed by atoms with E-state index in [4.69, 9.17) is 0 Å². The summed E-state index contributed by atoms with van der Waals surface area (Å²) < 4.78 is 1.60. The van der Waals surface area contributed by atoms with Crippen molar-refractivity contribution in [2.45, 2.75) is 25.0 Å². The summed E-state index contributed by atoms with van der Waals surface area (Å²) in [5.41, 5.74) is 0. The zero-order chi connectivity index (χ0) is 11.8. The van der Waals surface area contributed by atoms with Crippen molar-refractivity contribution in [3.8, 4) is 0 Å². The Balaban J connectivity index is 2.38. The average molecular weight is 241 g/mol. The Hall–Kier alpha value is -1.37. The summed E-state index contributed by atoms with van der Waals surface area (Å²) in [7, 11) is 0. The number of rotatable bonds is 7. The number of hydrogen-bond donors (Lipinski definition) is 1. The lowest BCUT2D eigenvalue weighted by Crippen LogP contribution is -2.25. The predicted molar refractivity (Wildman–Crippen MR) is 62.0 cm³/mol. The molecule has 7 heteroatoms. The minimum atomic E-state index is 0.00000283. The van der Waals surface area contributed by atoms with Gasteiger partial charge in [0.25, 0.3) is 0 Å². The van der Waals surface area contributed by atoms with Crippen LogP contribution in [0.25, 0.3) is 0 Å². The molecule has 1 heterocycles. The van der Waals surface area contributed by atoms with Gasteiger partial charge in [-0.3, -0.25) is 4.79 Å².